The first-order valence-corrected chi connectivity index (χ1v) is 7.12. The Morgan fingerprint density at radius 1 is 1.28 bits per heavy atom. The molecular weight excluding hydrogens is 248 g/mol. The van der Waals surface area contributed by atoms with E-state index in [1.54, 1.807) is 0 Å². The van der Waals surface area contributed by atoms with Gasteiger partial charge in [0.25, 0.3) is 0 Å². The average molecular weight is 267 g/mol. The smallest absolute Gasteiger partial charge is 0.224 e. The molecular formula is C13H19ClN4. The number of nitrogens with zero attached hydrogens (tertiary/aromatic N) is 3. The molecule has 3 heterocycles. The minimum atomic E-state index is 0.330. The van der Waals surface area contributed by atoms with E-state index in [0.717, 1.165) is 11.5 Å². The number of nitrogens with one attached hydrogen (secondary N) is 1. The molecule has 0 radical (unpaired) electrons. The number of hydrogen-bond donors (Lipinski definition) is 1. The lowest BCUT2D eigenvalue weighted by molar-refractivity contribution is 0.192. The Morgan fingerprint density at radius 3 is 3.00 bits per heavy atom. The topological polar surface area (TPSA) is 41.0 Å². The number of hydrogen-bond acceptors (Lipinski definition) is 4. The van der Waals surface area contributed by atoms with E-state index in [2.05, 4.69) is 20.2 Å². The fourth-order valence-corrected chi connectivity index (χ4v) is 3.44. The normalized spacial score (nSPS) is 28.1. The zero-order valence-corrected chi connectivity index (χ0v) is 11.5. The number of fused-ring (bicyclic) bond motifs is 1. The fourth-order valence-electron chi connectivity index (χ4n) is 3.21. The lowest BCUT2D eigenvalue weighted by atomic mass is 9.99. The van der Waals surface area contributed by atoms with E-state index in [-0.39, 0.29) is 0 Å². The molecule has 3 rings (SSSR count). The number of halogens is 1. The van der Waals surface area contributed by atoms with Crippen molar-refractivity contribution in [2.75, 3.05) is 18.4 Å². The molecule has 1 N–H and O–H groups in total. The highest BCUT2D eigenvalue weighted by Gasteiger charge is 2.35. The van der Waals surface area contributed by atoms with Crippen LogP contribution in [0.3, 0.4) is 0 Å². The van der Waals surface area contributed by atoms with Gasteiger partial charge in [-0.05, 0) is 44.3 Å². The van der Waals surface area contributed by atoms with E-state index in [4.69, 9.17) is 11.6 Å². The Kier molecular flexibility index (Phi) is 3.39. The lowest BCUT2D eigenvalue weighted by Crippen LogP contribution is -2.41. The van der Waals surface area contributed by atoms with E-state index in [1.165, 1.54) is 38.8 Å². The van der Waals surface area contributed by atoms with Gasteiger partial charge in [0.05, 0.1) is 0 Å². The second-order valence-corrected chi connectivity index (χ2v) is 5.64. The minimum Gasteiger partial charge on any atom is -0.366 e. The third-order valence-electron chi connectivity index (χ3n) is 4.02. The van der Waals surface area contributed by atoms with Gasteiger partial charge in [-0.2, -0.15) is 0 Å². The predicted molar refractivity (Wildman–Crippen MR) is 73.0 cm³/mol. The minimum absolute atomic E-state index is 0.330. The first kappa shape index (κ1) is 12.2. The Hall–Kier alpha value is -0.870. The molecule has 0 aromatic carbocycles. The van der Waals surface area contributed by atoms with Crippen molar-refractivity contribution in [3.63, 3.8) is 0 Å². The van der Waals surface area contributed by atoms with E-state index in [1.807, 2.05) is 13.0 Å². The van der Waals surface area contributed by atoms with Crippen molar-refractivity contribution in [1.29, 1.82) is 0 Å². The molecule has 98 valence electrons. The molecule has 1 aromatic rings. The van der Waals surface area contributed by atoms with Gasteiger partial charge in [-0.1, -0.05) is 6.42 Å². The summed E-state index contributed by atoms with van der Waals surface area (Å²) in [7, 11) is 0. The second kappa shape index (κ2) is 5.02. The Bertz CT molecular complexity index is 417. The number of aromatic nitrogens is 2. The quantitative estimate of drug-likeness (QED) is 0.835. The van der Waals surface area contributed by atoms with Crippen molar-refractivity contribution >= 4 is 17.4 Å². The van der Waals surface area contributed by atoms with Crippen molar-refractivity contribution in [2.45, 2.75) is 44.7 Å². The van der Waals surface area contributed by atoms with E-state index in [0.29, 0.717) is 17.4 Å². The maximum Gasteiger partial charge on any atom is 0.224 e. The zero-order chi connectivity index (χ0) is 12.5. The largest absolute Gasteiger partial charge is 0.366 e. The summed E-state index contributed by atoms with van der Waals surface area (Å²) in [6.45, 7) is 4.41. The molecule has 0 spiro atoms. The molecule has 0 aliphatic carbocycles. The number of aryl methyl sites for hydroxylation is 1. The number of anilines is 1. The highest BCUT2D eigenvalue weighted by Crippen LogP contribution is 2.29. The molecule has 2 unspecified atom stereocenters. The van der Waals surface area contributed by atoms with E-state index >= 15 is 0 Å². The third kappa shape index (κ3) is 2.45. The van der Waals surface area contributed by atoms with Crippen LogP contribution in [-0.4, -0.2) is 40.0 Å². The summed E-state index contributed by atoms with van der Waals surface area (Å²) in [6, 6.07) is 3.15. The Balaban J connectivity index is 1.72. The van der Waals surface area contributed by atoms with Crippen molar-refractivity contribution in [2.24, 2.45) is 0 Å². The summed E-state index contributed by atoms with van der Waals surface area (Å²) in [4.78, 5) is 11.0. The zero-order valence-electron chi connectivity index (χ0n) is 10.7. The standard InChI is InChI=1S/C13H19ClN4/c1-9-8-12(17-13(14)15-9)16-10-5-7-18-6-3-2-4-11(10)18/h8,10-11H,2-7H2,1H3,(H,15,16,17). The van der Waals surface area contributed by atoms with Crippen molar-refractivity contribution < 1.29 is 0 Å². The van der Waals surface area contributed by atoms with Crippen LogP contribution in [0, 0.1) is 6.92 Å². The van der Waals surface area contributed by atoms with Crippen molar-refractivity contribution in [1.82, 2.24) is 14.9 Å². The molecule has 0 amide bonds. The summed E-state index contributed by atoms with van der Waals surface area (Å²) >= 11 is 5.90. The van der Waals surface area contributed by atoms with Gasteiger partial charge in [0.2, 0.25) is 5.28 Å². The fraction of sp³-hybridized carbons (Fsp3) is 0.692. The summed E-state index contributed by atoms with van der Waals surface area (Å²) in [5.41, 5.74) is 0.913. The van der Waals surface area contributed by atoms with Crippen LogP contribution in [0.2, 0.25) is 5.28 Å². The molecule has 0 bridgehead atoms. The van der Waals surface area contributed by atoms with Gasteiger partial charge >= 0.3 is 0 Å². The van der Waals surface area contributed by atoms with E-state index < -0.39 is 0 Å². The average Bonchev–Trinajstić information content (AvgIpc) is 2.72. The monoisotopic (exact) mass is 266 g/mol. The van der Waals surface area contributed by atoms with Crippen molar-refractivity contribution in [3.8, 4) is 0 Å². The SMILES string of the molecule is Cc1cc(NC2CCN3CCCCC23)nc(Cl)n1. The third-order valence-corrected chi connectivity index (χ3v) is 4.19. The summed E-state index contributed by atoms with van der Waals surface area (Å²) in [6.07, 6.45) is 5.20. The number of piperidine rings is 1. The van der Waals surface area contributed by atoms with Gasteiger partial charge in [-0.25, -0.2) is 9.97 Å². The summed E-state index contributed by atoms with van der Waals surface area (Å²) in [5.74, 6) is 0.866. The van der Waals surface area contributed by atoms with Gasteiger partial charge < -0.3 is 5.32 Å². The molecule has 2 atom stereocenters. The maximum absolute atomic E-state index is 5.90. The second-order valence-electron chi connectivity index (χ2n) is 5.30. The highest BCUT2D eigenvalue weighted by molar-refractivity contribution is 6.28. The van der Waals surface area contributed by atoms with Crippen LogP contribution in [0.15, 0.2) is 6.07 Å². The molecule has 1 aromatic heterocycles. The van der Waals surface area contributed by atoms with Gasteiger partial charge in [-0.3, -0.25) is 4.90 Å². The van der Waals surface area contributed by atoms with Crippen LogP contribution in [0.5, 0.6) is 0 Å². The van der Waals surface area contributed by atoms with Crippen LogP contribution >= 0.6 is 11.6 Å². The maximum atomic E-state index is 5.90. The van der Waals surface area contributed by atoms with Crippen LogP contribution in [0.4, 0.5) is 5.82 Å². The Labute approximate surface area is 113 Å². The van der Waals surface area contributed by atoms with E-state index in [9.17, 15) is 0 Å². The predicted octanol–water partition coefficient (Wildman–Crippen LogP) is 2.48. The first-order valence-electron chi connectivity index (χ1n) is 6.74. The molecule has 5 heteroatoms. The van der Waals surface area contributed by atoms with Crippen LogP contribution in [0.1, 0.15) is 31.4 Å². The molecule has 18 heavy (non-hydrogen) atoms. The Morgan fingerprint density at radius 2 is 2.17 bits per heavy atom. The van der Waals surface area contributed by atoms with Gasteiger partial charge in [0.1, 0.15) is 5.82 Å². The molecule has 2 aliphatic heterocycles. The van der Waals surface area contributed by atoms with Crippen LogP contribution < -0.4 is 5.32 Å². The molecule has 2 saturated heterocycles. The van der Waals surface area contributed by atoms with Crippen molar-refractivity contribution in [3.05, 3.63) is 17.0 Å². The van der Waals surface area contributed by atoms with Crippen LogP contribution in [0.25, 0.3) is 0 Å². The molecule has 2 fully saturated rings. The van der Waals surface area contributed by atoms with Crippen LogP contribution in [-0.2, 0) is 0 Å². The summed E-state index contributed by atoms with van der Waals surface area (Å²) in [5, 5.41) is 3.87. The molecule has 2 aliphatic rings. The lowest BCUT2D eigenvalue weighted by Gasteiger charge is -2.32. The number of rotatable bonds is 2. The summed E-state index contributed by atoms with van der Waals surface area (Å²) < 4.78 is 0. The van der Waals surface area contributed by atoms with Gasteiger partial charge in [0.15, 0.2) is 0 Å². The molecule has 4 nitrogen and oxygen atoms in total. The first-order chi connectivity index (χ1) is 8.72. The van der Waals surface area contributed by atoms with Gasteiger partial charge in [0, 0.05) is 30.4 Å². The van der Waals surface area contributed by atoms with Gasteiger partial charge in [-0.15, -0.1) is 0 Å². The highest BCUT2D eigenvalue weighted by atomic mass is 35.5. The molecule has 0 saturated carbocycles.